The summed E-state index contributed by atoms with van der Waals surface area (Å²) in [5, 5.41) is 0. The van der Waals surface area contributed by atoms with Gasteiger partial charge in [-0.15, -0.1) is 0 Å². The van der Waals surface area contributed by atoms with Gasteiger partial charge < -0.3 is 10.5 Å². The quantitative estimate of drug-likeness (QED) is 0.597. The Labute approximate surface area is 62.7 Å². The van der Waals surface area contributed by atoms with Crippen molar-refractivity contribution in [2.45, 2.75) is 38.8 Å². The summed E-state index contributed by atoms with van der Waals surface area (Å²) in [5.74, 6) is 0.684. The van der Waals surface area contributed by atoms with E-state index in [1.807, 2.05) is 0 Å². The lowest BCUT2D eigenvalue weighted by Gasteiger charge is -2.29. The fraction of sp³-hybridized carbons (Fsp3) is 1.00. The molecule has 0 aromatic heterocycles. The van der Waals surface area contributed by atoms with Gasteiger partial charge in [0.2, 0.25) is 0 Å². The first-order valence-corrected chi connectivity index (χ1v) is 4.07. The van der Waals surface area contributed by atoms with Crippen LogP contribution in [-0.2, 0) is 4.74 Å². The standard InChI is InChI=1S/C8H17NO/c1-6-5-8(7(2)9)3-4-10-6/h6-8H,3-5,9H2,1-2H3. The topological polar surface area (TPSA) is 35.2 Å². The van der Waals surface area contributed by atoms with E-state index in [9.17, 15) is 0 Å². The Morgan fingerprint density at radius 3 is 2.70 bits per heavy atom. The maximum Gasteiger partial charge on any atom is 0.0550 e. The van der Waals surface area contributed by atoms with Crippen LogP contribution in [0.4, 0.5) is 0 Å². The molecule has 0 radical (unpaired) electrons. The van der Waals surface area contributed by atoms with Gasteiger partial charge in [-0.05, 0) is 32.6 Å². The molecule has 3 unspecified atom stereocenters. The second-order valence-electron chi connectivity index (χ2n) is 3.32. The molecule has 0 aromatic carbocycles. The van der Waals surface area contributed by atoms with Crippen LogP contribution in [0.5, 0.6) is 0 Å². The van der Waals surface area contributed by atoms with Gasteiger partial charge in [0.25, 0.3) is 0 Å². The van der Waals surface area contributed by atoms with E-state index in [0.29, 0.717) is 18.1 Å². The van der Waals surface area contributed by atoms with Gasteiger partial charge in [0, 0.05) is 12.6 Å². The van der Waals surface area contributed by atoms with E-state index in [2.05, 4.69) is 13.8 Å². The first kappa shape index (κ1) is 8.02. The fourth-order valence-corrected chi connectivity index (χ4v) is 1.51. The smallest absolute Gasteiger partial charge is 0.0550 e. The summed E-state index contributed by atoms with van der Waals surface area (Å²) in [6, 6.07) is 0.339. The number of ether oxygens (including phenoxy) is 1. The first-order chi connectivity index (χ1) is 4.70. The molecule has 2 N–H and O–H groups in total. The Kier molecular flexibility index (Phi) is 2.69. The van der Waals surface area contributed by atoms with Gasteiger partial charge in [-0.2, -0.15) is 0 Å². The van der Waals surface area contributed by atoms with Gasteiger partial charge in [0.1, 0.15) is 0 Å². The average Bonchev–Trinajstić information content (AvgIpc) is 1.88. The summed E-state index contributed by atoms with van der Waals surface area (Å²) in [6.45, 7) is 5.10. The predicted molar refractivity (Wildman–Crippen MR) is 41.8 cm³/mol. The summed E-state index contributed by atoms with van der Waals surface area (Å²) in [6.07, 6.45) is 2.70. The molecule has 2 nitrogen and oxygen atoms in total. The van der Waals surface area contributed by atoms with Crippen LogP contribution in [0.3, 0.4) is 0 Å². The van der Waals surface area contributed by atoms with Crippen LogP contribution in [0.1, 0.15) is 26.7 Å². The van der Waals surface area contributed by atoms with Crippen LogP contribution < -0.4 is 5.73 Å². The van der Waals surface area contributed by atoms with Crippen molar-refractivity contribution in [3.63, 3.8) is 0 Å². The van der Waals surface area contributed by atoms with Crippen LogP contribution in [0.25, 0.3) is 0 Å². The van der Waals surface area contributed by atoms with Crippen molar-refractivity contribution in [2.24, 2.45) is 11.7 Å². The molecular formula is C8H17NO. The zero-order valence-corrected chi connectivity index (χ0v) is 6.84. The molecule has 0 aliphatic carbocycles. The molecule has 1 rings (SSSR count). The first-order valence-electron chi connectivity index (χ1n) is 4.07. The van der Waals surface area contributed by atoms with Crippen LogP contribution >= 0.6 is 0 Å². The Bertz CT molecular complexity index is 103. The molecule has 1 fully saturated rings. The number of hydrogen-bond acceptors (Lipinski definition) is 2. The monoisotopic (exact) mass is 143 g/mol. The SMILES string of the molecule is CC1CC(C(C)N)CCO1. The molecule has 0 spiro atoms. The molecular weight excluding hydrogens is 126 g/mol. The minimum Gasteiger partial charge on any atom is -0.378 e. The van der Waals surface area contributed by atoms with E-state index < -0.39 is 0 Å². The predicted octanol–water partition coefficient (Wildman–Crippen LogP) is 1.15. The minimum atomic E-state index is 0.339. The van der Waals surface area contributed by atoms with Gasteiger partial charge in [0.15, 0.2) is 0 Å². The lowest BCUT2D eigenvalue weighted by molar-refractivity contribution is -0.00179. The van der Waals surface area contributed by atoms with Crippen molar-refractivity contribution < 1.29 is 4.74 Å². The van der Waals surface area contributed by atoms with E-state index >= 15 is 0 Å². The Hall–Kier alpha value is -0.0800. The molecule has 0 bridgehead atoms. The highest BCUT2D eigenvalue weighted by Gasteiger charge is 2.21. The third-order valence-corrected chi connectivity index (χ3v) is 2.27. The van der Waals surface area contributed by atoms with Gasteiger partial charge in [0.05, 0.1) is 6.10 Å². The highest BCUT2D eigenvalue weighted by molar-refractivity contribution is 4.74. The Morgan fingerprint density at radius 1 is 1.60 bits per heavy atom. The second kappa shape index (κ2) is 3.35. The van der Waals surface area contributed by atoms with Crippen molar-refractivity contribution >= 4 is 0 Å². The molecule has 1 aliphatic rings. The van der Waals surface area contributed by atoms with Crippen LogP contribution in [0.15, 0.2) is 0 Å². The van der Waals surface area contributed by atoms with E-state index in [1.54, 1.807) is 0 Å². The van der Waals surface area contributed by atoms with Crippen LogP contribution in [0.2, 0.25) is 0 Å². The zero-order chi connectivity index (χ0) is 7.56. The molecule has 3 atom stereocenters. The van der Waals surface area contributed by atoms with Crippen molar-refractivity contribution in [2.75, 3.05) is 6.61 Å². The number of rotatable bonds is 1. The Balaban J connectivity index is 2.32. The van der Waals surface area contributed by atoms with Crippen molar-refractivity contribution in [3.05, 3.63) is 0 Å². The van der Waals surface area contributed by atoms with Gasteiger partial charge in [-0.25, -0.2) is 0 Å². The van der Waals surface area contributed by atoms with Gasteiger partial charge in [-0.1, -0.05) is 0 Å². The summed E-state index contributed by atoms with van der Waals surface area (Å²) >= 11 is 0. The summed E-state index contributed by atoms with van der Waals surface area (Å²) in [5.41, 5.74) is 5.77. The Morgan fingerprint density at radius 2 is 2.30 bits per heavy atom. The molecule has 2 heteroatoms. The largest absolute Gasteiger partial charge is 0.378 e. The third-order valence-electron chi connectivity index (χ3n) is 2.27. The zero-order valence-electron chi connectivity index (χ0n) is 6.84. The maximum atomic E-state index is 5.77. The molecule has 0 aromatic rings. The van der Waals surface area contributed by atoms with Crippen LogP contribution in [0, 0.1) is 5.92 Å². The minimum absolute atomic E-state index is 0.339. The summed E-state index contributed by atoms with van der Waals surface area (Å²) in [7, 11) is 0. The number of nitrogens with two attached hydrogens (primary N) is 1. The van der Waals surface area contributed by atoms with E-state index in [-0.39, 0.29) is 0 Å². The maximum absolute atomic E-state index is 5.77. The van der Waals surface area contributed by atoms with Gasteiger partial charge in [-0.3, -0.25) is 0 Å². The molecule has 60 valence electrons. The van der Waals surface area contributed by atoms with Crippen molar-refractivity contribution in [1.82, 2.24) is 0 Å². The van der Waals surface area contributed by atoms with Crippen molar-refractivity contribution in [3.8, 4) is 0 Å². The highest BCUT2D eigenvalue weighted by Crippen LogP contribution is 2.21. The second-order valence-corrected chi connectivity index (χ2v) is 3.32. The highest BCUT2D eigenvalue weighted by atomic mass is 16.5. The van der Waals surface area contributed by atoms with E-state index in [4.69, 9.17) is 10.5 Å². The van der Waals surface area contributed by atoms with Crippen molar-refractivity contribution in [1.29, 1.82) is 0 Å². The van der Waals surface area contributed by atoms with Crippen LogP contribution in [-0.4, -0.2) is 18.8 Å². The van der Waals surface area contributed by atoms with Gasteiger partial charge >= 0.3 is 0 Å². The van der Waals surface area contributed by atoms with E-state index in [1.165, 1.54) is 0 Å². The molecule has 10 heavy (non-hydrogen) atoms. The van der Waals surface area contributed by atoms with E-state index in [0.717, 1.165) is 19.4 Å². The lowest BCUT2D eigenvalue weighted by Crippen LogP contribution is -2.34. The molecule has 1 heterocycles. The molecule has 1 aliphatic heterocycles. The average molecular weight is 143 g/mol. The molecule has 0 saturated carbocycles. The number of hydrogen-bond donors (Lipinski definition) is 1. The lowest BCUT2D eigenvalue weighted by atomic mass is 9.90. The fourth-order valence-electron chi connectivity index (χ4n) is 1.51. The molecule has 0 amide bonds. The normalized spacial score (nSPS) is 37.5. The molecule has 1 saturated heterocycles. The summed E-state index contributed by atoms with van der Waals surface area (Å²) < 4.78 is 5.40. The third kappa shape index (κ3) is 1.96. The summed E-state index contributed by atoms with van der Waals surface area (Å²) in [4.78, 5) is 0.